The fraction of sp³-hybridized carbons (Fsp3) is 0.231. The Hall–Kier alpha value is -2.30. The van der Waals surface area contributed by atoms with E-state index in [4.69, 9.17) is 4.74 Å². The van der Waals surface area contributed by atoms with Gasteiger partial charge in [-0.3, -0.25) is 9.59 Å². The zero-order valence-corrected chi connectivity index (χ0v) is 10.4. The van der Waals surface area contributed by atoms with Crippen LogP contribution < -0.4 is 15.4 Å². The molecule has 0 aliphatic rings. The molecule has 2 amide bonds. The lowest BCUT2D eigenvalue weighted by Gasteiger charge is -2.11. The molecule has 1 rings (SSSR count). The Kier molecular flexibility index (Phi) is 4.92. The van der Waals surface area contributed by atoms with Gasteiger partial charge in [-0.05, 0) is 30.7 Å². The predicted molar refractivity (Wildman–Crippen MR) is 69.6 cm³/mol. The van der Waals surface area contributed by atoms with Crippen LogP contribution in [0, 0.1) is 6.92 Å². The van der Waals surface area contributed by atoms with Gasteiger partial charge in [0.25, 0.3) is 0 Å². The molecule has 1 aromatic carbocycles. The lowest BCUT2D eigenvalue weighted by molar-refractivity contribution is -0.121. The minimum atomic E-state index is -0.388. The lowest BCUT2D eigenvalue weighted by atomic mass is 10.2. The standard InChI is InChI=1S/C13H16N2O3/c1-4-12(16)14-8-13(17)15-10-7-9(2)5-6-11(10)18-3/h4-7H,1,8H2,2-3H3,(H,14,16)(H,15,17). The molecule has 0 unspecified atom stereocenters. The second-order valence-corrected chi connectivity index (χ2v) is 3.67. The van der Waals surface area contributed by atoms with E-state index in [1.165, 1.54) is 7.11 Å². The van der Waals surface area contributed by atoms with E-state index in [2.05, 4.69) is 17.2 Å². The molecule has 5 nitrogen and oxygen atoms in total. The minimum Gasteiger partial charge on any atom is -0.495 e. The summed E-state index contributed by atoms with van der Waals surface area (Å²) in [5, 5.41) is 5.06. The molecule has 18 heavy (non-hydrogen) atoms. The van der Waals surface area contributed by atoms with Gasteiger partial charge in [-0.15, -0.1) is 0 Å². The summed E-state index contributed by atoms with van der Waals surface area (Å²) in [6.07, 6.45) is 1.11. The van der Waals surface area contributed by atoms with Gasteiger partial charge >= 0.3 is 0 Å². The van der Waals surface area contributed by atoms with Crippen LogP contribution in [0.15, 0.2) is 30.9 Å². The molecule has 0 radical (unpaired) electrons. The number of rotatable bonds is 5. The highest BCUT2D eigenvalue weighted by Crippen LogP contribution is 2.24. The predicted octanol–water partition coefficient (Wildman–Crippen LogP) is 1.24. The number of carbonyl (C=O) groups excluding carboxylic acids is 2. The summed E-state index contributed by atoms with van der Waals surface area (Å²) in [7, 11) is 1.53. The van der Waals surface area contributed by atoms with Crippen LogP contribution >= 0.6 is 0 Å². The van der Waals surface area contributed by atoms with Crippen LogP contribution in [0.2, 0.25) is 0 Å². The van der Waals surface area contributed by atoms with E-state index in [1.54, 1.807) is 12.1 Å². The zero-order valence-electron chi connectivity index (χ0n) is 10.4. The van der Waals surface area contributed by atoms with Crippen molar-refractivity contribution in [3.63, 3.8) is 0 Å². The number of benzene rings is 1. The highest BCUT2D eigenvalue weighted by atomic mass is 16.5. The van der Waals surface area contributed by atoms with Gasteiger partial charge in [-0.2, -0.15) is 0 Å². The first kappa shape index (κ1) is 13.8. The maximum Gasteiger partial charge on any atom is 0.243 e. The summed E-state index contributed by atoms with van der Waals surface area (Å²) in [5.41, 5.74) is 1.58. The molecule has 0 aliphatic heterocycles. The number of carbonyl (C=O) groups is 2. The van der Waals surface area contributed by atoms with Crippen molar-refractivity contribution >= 4 is 17.5 Å². The van der Waals surface area contributed by atoms with Crippen LogP contribution in [0.1, 0.15) is 5.56 Å². The second-order valence-electron chi connectivity index (χ2n) is 3.67. The van der Waals surface area contributed by atoms with Gasteiger partial charge < -0.3 is 15.4 Å². The highest BCUT2D eigenvalue weighted by Gasteiger charge is 2.08. The van der Waals surface area contributed by atoms with Crippen LogP contribution in [0.5, 0.6) is 5.75 Å². The summed E-state index contributed by atoms with van der Waals surface area (Å²) in [6, 6.07) is 5.45. The van der Waals surface area contributed by atoms with Crippen molar-refractivity contribution in [1.29, 1.82) is 0 Å². The molecule has 0 heterocycles. The molecule has 0 bridgehead atoms. The molecule has 0 atom stereocenters. The Bertz CT molecular complexity index is 469. The molecule has 0 aromatic heterocycles. The number of anilines is 1. The van der Waals surface area contributed by atoms with Gasteiger partial charge in [0.05, 0.1) is 19.3 Å². The molecule has 0 aliphatic carbocycles. The van der Waals surface area contributed by atoms with Gasteiger partial charge in [0, 0.05) is 0 Å². The van der Waals surface area contributed by atoms with Crippen molar-refractivity contribution in [3.05, 3.63) is 36.4 Å². The third-order valence-electron chi connectivity index (χ3n) is 2.24. The van der Waals surface area contributed by atoms with Gasteiger partial charge in [0.15, 0.2) is 0 Å². The third kappa shape index (κ3) is 3.93. The molecular formula is C13H16N2O3. The monoisotopic (exact) mass is 248 g/mol. The first-order valence-corrected chi connectivity index (χ1v) is 5.41. The largest absolute Gasteiger partial charge is 0.495 e. The van der Waals surface area contributed by atoms with E-state index in [0.29, 0.717) is 11.4 Å². The SMILES string of the molecule is C=CC(=O)NCC(=O)Nc1cc(C)ccc1OC. The van der Waals surface area contributed by atoms with E-state index in [0.717, 1.165) is 11.6 Å². The number of aryl methyl sites for hydroxylation is 1. The number of methoxy groups -OCH3 is 1. The molecule has 0 saturated heterocycles. The number of hydrogen-bond acceptors (Lipinski definition) is 3. The average molecular weight is 248 g/mol. The molecule has 96 valence electrons. The van der Waals surface area contributed by atoms with Crippen molar-refractivity contribution in [2.75, 3.05) is 19.0 Å². The van der Waals surface area contributed by atoms with Crippen molar-refractivity contribution < 1.29 is 14.3 Å². The normalized spacial score (nSPS) is 9.44. The first-order chi connectivity index (χ1) is 8.56. The Balaban J connectivity index is 2.66. The topological polar surface area (TPSA) is 67.4 Å². The maximum atomic E-state index is 11.6. The second kappa shape index (κ2) is 6.44. The third-order valence-corrected chi connectivity index (χ3v) is 2.24. The summed E-state index contributed by atoms with van der Waals surface area (Å²) in [5.74, 6) is -0.139. The highest BCUT2D eigenvalue weighted by molar-refractivity contribution is 5.97. The van der Waals surface area contributed by atoms with Crippen LogP contribution in [0.3, 0.4) is 0 Å². The van der Waals surface area contributed by atoms with E-state index in [-0.39, 0.29) is 18.4 Å². The fourth-order valence-corrected chi connectivity index (χ4v) is 1.35. The summed E-state index contributed by atoms with van der Waals surface area (Å²) >= 11 is 0. The fourth-order valence-electron chi connectivity index (χ4n) is 1.35. The van der Waals surface area contributed by atoms with Crippen molar-refractivity contribution in [2.45, 2.75) is 6.92 Å². The number of ether oxygens (including phenoxy) is 1. The van der Waals surface area contributed by atoms with Gasteiger partial charge in [-0.1, -0.05) is 12.6 Å². The van der Waals surface area contributed by atoms with Crippen molar-refractivity contribution in [1.82, 2.24) is 5.32 Å². The molecule has 5 heteroatoms. The summed E-state index contributed by atoms with van der Waals surface area (Å²) in [4.78, 5) is 22.5. The van der Waals surface area contributed by atoms with E-state index in [9.17, 15) is 9.59 Å². The Morgan fingerprint density at radius 1 is 1.44 bits per heavy atom. The zero-order chi connectivity index (χ0) is 13.5. The van der Waals surface area contributed by atoms with Crippen LogP contribution in [0.4, 0.5) is 5.69 Å². The Morgan fingerprint density at radius 3 is 2.78 bits per heavy atom. The van der Waals surface area contributed by atoms with Gasteiger partial charge in [-0.25, -0.2) is 0 Å². The van der Waals surface area contributed by atoms with Crippen LogP contribution in [-0.2, 0) is 9.59 Å². The average Bonchev–Trinajstić information content (AvgIpc) is 2.36. The molecule has 2 N–H and O–H groups in total. The Labute approximate surface area is 106 Å². The maximum absolute atomic E-state index is 11.6. The molecule has 0 saturated carbocycles. The van der Waals surface area contributed by atoms with Gasteiger partial charge in [0.2, 0.25) is 11.8 Å². The lowest BCUT2D eigenvalue weighted by Crippen LogP contribution is -2.31. The number of hydrogen-bond donors (Lipinski definition) is 2. The summed E-state index contributed by atoms with van der Waals surface area (Å²) < 4.78 is 5.13. The molecule has 0 fully saturated rings. The minimum absolute atomic E-state index is 0.109. The smallest absolute Gasteiger partial charge is 0.243 e. The van der Waals surface area contributed by atoms with Crippen LogP contribution in [-0.4, -0.2) is 25.5 Å². The molecule has 0 spiro atoms. The molecular weight excluding hydrogens is 232 g/mol. The Morgan fingerprint density at radius 2 is 2.17 bits per heavy atom. The number of amides is 2. The van der Waals surface area contributed by atoms with Crippen molar-refractivity contribution in [2.24, 2.45) is 0 Å². The van der Waals surface area contributed by atoms with E-state index < -0.39 is 0 Å². The van der Waals surface area contributed by atoms with E-state index >= 15 is 0 Å². The molecule has 1 aromatic rings. The van der Waals surface area contributed by atoms with Crippen LogP contribution in [0.25, 0.3) is 0 Å². The van der Waals surface area contributed by atoms with Crippen molar-refractivity contribution in [3.8, 4) is 5.75 Å². The first-order valence-electron chi connectivity index (χ1n) is 5.41. The van der Waals surface area contributed by atoms with Gasteiger partial charge in [0.1, 0.15) is 5.75 Å². The van der Waals surface area contributed by atoms with E-state index in [1.807, 2.05) is 13.0 Å². The quantitative estimate of drug-likeness (QED) is 0.770. The number of nitrogens with one attached hydrogen (secondary N) is 2. The summed E-state index contributed by atoms with van der Waals surface area (Å²) in [6.45, 7) is 5.10.